The maximum atomic E-state index is 11.1. The van der Waals surface area contributed by atoms with Crippen molar-refractivity contribution in [1.82, 2.24) is 10.6 Å². The van der Waals surface area contributed by atoms with E-state index in [2.05, 4.69) is 17.6 Å². The van der Waals surface area contributed by atoms with E-state index in [9.17, 15) is 8.42 Å². The van der Waals surface area contributed by atoms with Crippen LogP contribution < -0.4 is 10.6 Å². The monoisotopic (exact) mass is 350 g/mol. The summed E-state index contributed by atoms with van der Waals surface area (Å²) in [7, 11) is -4.07. The number of unbranched alkanes of at least 4 members (excludes halogenated alkanes) is 11. The van der Waals surface area contributed by atoms with E-state index in [0.717, 1.165) is 12.8 Å². The standard InChI is InChI=1S/C17H38N2O3S/c1-3-5-6-7-8-9-10-11-12-13-14-15-16-19-17(18-4-2)23(20,21)22/h17-19H,3-16H2,1-2H3,(H,20,21,22). The molecule has 3 N–H and O–H groups in total. The van der Waals surface area contributed by atoms with Crippen molar-refractivity contribution < 1.29 is 13.0 Å². The topological polar surface area (TPSA) is 78.4 Å². The first-order valence-electron chi connectivity index (χ1n) is 9.45. The van der Waals surface area contributed by atoms with Crippen LogP contribution in [0.25, 0.3) is 0 Å². The Morgan fingerprint density at radius 1 is 0.739 bits per heavy atom. The van der Waals surface area contributed by atoms with Crippen LogP contribution in [0.2, 0.25) is 0 Å². The Labute approximate surface area is 143 Å². The second-order valence-electron chi connectivity index (χ2n) is 6.30. The molecule has 0 aliphatic carbocycles. The van der Waals surface area contributed by atoms with Crippen LogP contribution in [-0.2, 0) is 10.1 Å². The van der Waals surface area contributed by atoms with Crippen LogP contribution in [0.3, 0.4) is 0 Å². The summed E-state index contributed by atoms with van der Waals surface area (Å²) in [5.74, 6) is 0. The molecule has 0 aromatic rings. The van der Waals surface area contributed by atoms with Crippen LogP contribution in [0.15, 0.2) is 0 Å². The largest absolute Gasteiger partial charge is 0.295 e. The number of hydrogen-bond acceptors (Lipinski definition) is 4. The number of hydrogen-bond donors (Lipinski definition) is 3. The summed E-state index contributed by atoms with van der Waals surface area (Å²) in [6.45, 7) is 5.16. The Kier molecular flexibility index (Phi) is 15.2. The maximum Gasteiger partial charge on any atom is 0.295 e. The summed E-state index contributed by atoms with van der Waals surface area (Å²) < 4.78 is 31.2. The molecule has 0 aromatic heterocycles. The molecule has 0 rings (SSSR count). The van der Waals surface area contributed by atoms with Crippen LogP contribution in [0.4, 0.5) is 0 Å². The zero-order chi connectivity index (χ0) is 17.4. The summed E-state index contributed by atoms with van der Waals surface area (Å²) in [4.78, 5) is 0. The van der Waals surface area contributed by atoms with Gasteiger partial charge in [-0.15, -0.1) is 0 Å². The molecule has 0 saturated carbocycles. The minimum absolute atomic E-state index is 0.496. The molecule has 5 nitrogen and oxygen atoms in total. The van der Waals surface area contributed by atoms with Gasteiger partial charge in [0.15, 0.2) is 5.50 Å². The number of nitrogens with one attached hydrogen (secondary N) is 2. The van der Waals surface area contributed by atoms with E-state index in [1.807, 2.05) is 6.92 Å². The fourth-order valence-corrected chi connectivity index (χ4v) is 3.37. The molecule has 0 aromatic carbocycles. The minimum Gasteiger partial charge on any atom is -0.287 e. The van der Waals surface area contributed by atoms with Gasteiger partial charge in [0.2, 0.25) is 0 Å². The van der Waals surface area contributed by atoms with Crippen LogP contribution in [0.1, 0.15) is 90.9 Å². The van der Waals surface area contributed by atoms with E-state index in [1.54, 1.807) is 0 Å². The van der Waals surface area contributed by atoms with E-state index in [0.29, 0.717) is 13.1 Å². The lowest BCUT2D eigenvalue weighted by Gasteiger charge is -2.16. The smallest absolute Gasteiger partial charge is 0.287 e. The van der Waals surface area contributed by atoms with Crippen LogP contribution >= 0.6 is 0 Å². The lowest BCUT2D eigenvalue weighted by Crippen LogP contribution is -2.48. The van der Waals surface area contributed by atoms with Gasteiger partial charge < -0.3 is 0 Å². The maximum absolute atomic E-state index is 11.1. The molecule has 0 aliphatic heterocycles. The highest BCUT2D eigenvalue weighted by atomic mass is 32.2. The third kappa shape index (κ3) is 15.1. The van der Waals surface area contributed by atoms with Gasteiger partial charge in [0.1, 0.15) is 0 Å². The Morgan fingerprint density at radius 3 is 1.57 bits per heavy atom. The van der Waals surface area contributed by atoms with Crippen molar-refractivity contribution in [2.24, 2.45) is 0 Å². The van der Waals surface area contributed by atoms with E-state index in [4.69, 9.17) is 4.55 Å². The molecule has 0 spiro atoms. The summed E-state index contributed by atoms with van der Waals surface area (Å²) in [5.41, 5.74) is -1.04. The van der Waals surface area contributed by atoms with E-state index < -0.39 is 15.6 Å². The number of rotatable bonds is 17. The van der Waals surface area contributed by atoms with Gasteiger partial charge in [-0.25, -0.2) is 0 Å². The Balaban J connectivity index is 3.36. The third-order valence-corrected chi connectivity index (χ3v) is 4.98. The van der Waals surface area contributed by atoms with Crippen molar-refractivity contribution in [3.63, 3.8) is 0 Å². The van der Waals surface area contributed by atoms with Gasteiger partial charge >= 0.3 is 0 Å². The van der Waals surface area contributed by atoms with Crippen molar-refractivity contribution >= 4 is 10.1 Å². The molecule has 0 amide bonds. The normalized spacial score (nSPS) is 13.3. The van der Waals surface area contributed by atoms with Gasteiger partial charge in [0.05, 0.1) is 0 Å². The Bertz CT molecular complexity index is 348. The SMILES string of the molecule is CCCCCCCCCCCCCCNC(NCC)S(=O)(=O)O. The first kappa shape index (κ1) is 22.8. The highest BCUT2D eigenvalue weighted by Gasteiger charge is 2.20. The highest BCUT2D eigenvalue weighted by Crippen LogP contribution is 2.11. The van der Waals surface area contributed by atoms with Crippen molar-refractivity contribution in [2.75, 3.05) is 13.1 Å². The average molecular weight is 351 g/mol. The molecule has 0 bridgehead atoms. The molecule has 0 saturated heterocycles. The van der Waals surface area contributed by atoms with E-state index in [-0.39, 0.29) is 0 Å². The first-order chi connectivity index (χ1) is 11.0. The fraction of sp³-hybridized carbons (Fsp3) is 1.00. The predicted molar refractivity (Wildman–Crippen MR) is 98.1 cm³/mol. The Hall–Kier alpha value is -0.170. The second kappa shape index (κ2) is 15.4. The van der Waals surface area contributed by atoms with Crippen LogP contribution in [0, 0.1) is 0 Å². The molecule has 23 heavy (non-hydrogen) atoms. The van der Waals surface area contributed by atoms with Gasteiger partial charge in [-0.05, 0) is 19.5 Å². The summed E-state index contributed by atoms with van der Waals surface area (Å²) >= 11 is 0. The van der Waals surface area contributed by atoms with Crippen molar-refractivity contribution in [3.05, 3.63) is 0 Å². The molecular weight excluding hydrogens is 312 g/mol. The zero-order valence-electron chi connectivity index (χ0n) is 15.1. The minimum atomic E-state index is -4.07. The van der Waals surface area contributed by atoms with Crippen molar-refractivity contribution in [2.45, 2.75) is 96.4 Å². The van der Waals surface area contributed by atoms with Gasteiger partial charge in [-0.2, -0.15) is 8.42 Å². The Morgan fingerprint density at radius 2 is 1.17 bits per heavy atom. The fourth-order valence-electron chi connectivity index (χ4n) is 2.67. The molecular formula is C17H38N2O3S. The summed E-state index contributed by atoms with van der Waals surface area (Å²) in [6, 6.07) is 0. The second-order valence-corrected chi connectivity index (χ2v) is 7.80. The first-order valence-corrected chi connectivity index (χ1v) is 11.0. The molecule has 0 aliphatic rings. The molecule has 1 unspecified atom stereocenters. The average Bonchev–Trinajstić information content (AvgIpc) is 2.49. The zero-order valence-corrected chi connectivity index (χ0v) is 16.0. The van der Waals surface area contributed by atoms with E-state index in [1.165, 1.54) is 64.2 Å². The molecule has 140 valence electrons. The van der Waals surface area contributed by atoms with Gasteiger partial charge in [-0.1, -0.05) is 84.5 Å². The molecule has 0 radical (unpaired) electrons. The van der Waals surface area contributed by atoms with Crippen molar-refractivity contribution in [3.8, 4) is 0 Å². The van der Waals surface area contributed by atoms with Crippen LogP contribution in [-0.4, -0.2) is 31.6 Å². The lowest BCUT2D eigenvalue weighted by molar-refractivity contribution is 0.421. The highest BCUT2D eigenvalue weighted by molar-refractivity contribution is 7.86. The van der Waals surface area contributed by atoms with Gasteiger partial charge in [0.25, 0.3) is 10.1 Å². The third-order valence-electron chi connectivity index (χ3n) is 4.05. The predicted octanol–water partition coefficient (Wildman–Crippen LogP) is 4.06. The van der Waals surface area contributed by atoms with Crippen molar-refractivity contribution in [1.29, 1.82) is 0 Å². The summed E-state index contributed by atoms with van der Waals surface area (Å²) in [5, 5.41) is 5.56. The van der Waals surface area contributed by atoms with Crippen LogP contribution in [0.5, 0.6) is 0 Å². The molecule has 1 atom stereocenters. The molecule has 6 heteroatoms. The summed E-state index contributed by atoms with van der Waals surface area (Å²) in [6.07, 6.45) is 15.4. The van der Waals surface area contributed by atoms with Gasteiger partial charge in [-0.3, -0.25) is 15.2 Å². The lowest BCUT2D eigenvalue weighted by atomic mass is 10.1. The molecule has 0 fully saturated rings. The van der Waals surface area contributed by atoms with Gasteiger partial charge in [0, 0.05) is 0 Å². The quantitative estimate of drug-likeness (QED) is 0.209. The van der Waals surface area contributed by atoms with E-state index >= 15 is 0 Å². The molecule has 0 heterocycles.